The van der Waals surface area contributed by atoms with Gasteiger partial charge in [-0.2, -0.15) is 16.1 Å². The molecule has 3 heterocycles. The van der Waals surface area contributed by atoms with Crippen molar-refractivity contribution in [1.29, 1.82) is 0 Å². The van der Waals surface area contributed by atoms with Crippen LogP contribution in [0.3, 0.4) is 0 Å². The second-order valence-electron chi connectivity index (χ2n) is 8.52. The van der Waals surface area contributed by atoms with Gasteiger partial charge < -0.3 is 26.0 Å². The molecule has 0 aromatic carbocycles. The number of urea groups is 1. The van der Waals surface area contributed by atoms with Gasteiger partial charge in [-0.05, 0) is 32.1 Å². The molecule has 0 aromatic rings. The van der Waals surface area contributed by atoms with Gasteiger partial charge in [0.25, 0.3) is 0 Å². The summed E-state index contributed by atoms with van der Waals surface area (Å²) in [5, 5.41) is 24.1. The number of amides is 3. The fraction of sp³-hybridized carbons (Fsp3) is 0.850. The monoisotopic (exact) mass is 528 g/mol. The molecule has 0 spiro atoms. The first-order valence-electron chi connectivity index (χ1n) is 11.6. The van der Waals surface area contributed by atoms with Crippen molar-refractivity contribution in [2.45, 2.75) is 80.4 Å². The van der Waals surface area contributed by atoms with Crippen molar-refractivity contribution in [3.8, 4) is 0 Å². The third kappa shape index (κ3) is 10.4. The van der Waals surface area contributed by atoms with E-state index in [0.29, 0.717) is 44.1 Å². The average Bonchev–Trinajstić information content (AvgIpc) is 3.48. The zero-order valence-corrected chi connectivity index (χ0v) is 23.3. The fourth-order valence-corrected chi connectivity index (χ4v) is 6.40. The van der Waals surface area contributed by atoms with Crippen LogP contribution in [0, 0.1) is 0 Å². The maximum Gasteiger partial charge on any atom is 1.00 e. The van der Waals surface area contributed by atoms with Gasteiger partial charge in [-0.25, -0.2) is 4.79 Å². The number of rotatable bonds is 15. The molecule has 188 valence electrons. The largest absolute Gasteiger partial charge is 1.00 e. The number of unbranched alkanes of at least 4 members (excludes halogenated alkanes) is 3. The van der Waals surface area contributed by atoms with Crippen molar-refractivity contribution < 1.29 is 63.4 Å². The van der Waals surface area contributed by atoms with Gasteiger partial charge in [0.2, 0.25) is 5.91 Å². The molecule has 3 N–H and O–H groups in total. The number of hydrogen-bond donors (Lipinski definition) is 3. The van der Waals surface area contributed by atoms with Crippen molar-refractivity contribution in [3.63, 3.8) is 0 Å². The van der Waals surface area contributed by atoms with Crippen molar-refractivity contribution in [2.24, 2.45) is 0 Å². The van der Waals surface area contributed by atoms with Crippen LogP contribution in [0.2, 0.25) is 0 Å². The molecule has 3 aliphatic rings. The Bertz CT molecular complexity index is 666. The third-order valence-corrected chi connectivity index (χ3v) is 8.30. The minimum absolute atomic E-state index is 0. The molecule has 34 heavy (non-hydrogen) atoms. The van der Waals surface area contributed by atoms with E-state index < -0.39 is 0 Å². The average molecular weight is 529 g/mol. The van der Waals surface area contributed by atoms with Crippen molar-refractivity contribution in [2.75, 3.05) is 25.4 Å². The first kappa shape index (κ1) is 30.0. The Balaban J connectivity index is 0.00000408. The van der Waals surface area contributed by atoms with Gasteiger partial charge in [-0.15, -0.1) is 5.06 Å². The molecule has 3 aliphatic heterocycles. The fourth-order valence-electron chi connectivity index (χ4n) is 4.28. The molecule has 14 heteroatoms. The van der Waals surface area contributed by atoms with E-state index >= 15 is 0 Å². The number of carbonyl (C=O) groups excluding carboxylic acids is 3. The van der Waals surface area contributed by atoms with Crippen LogP contribution in [-0.2, 0) is 23.8 Å². The van der Waals surface area contributed by atoms with Crippen LogP contribution in [-0.4, -0.2) is 70.9 Å². The summed E-state index contributed by atoms with van der Waals surface area (Å²) in [7, 11) is 0. The van der Waals surface area contributed by atoms with E-state index in [-0.39, 0.29) is 64.8 Å². The Kier molecular flexibility index (Phi) is 14.5. The Morgan fingerprint density at radius 3 is 2.82 bits per heavy atom. The molecule has 0 aliphatic carbocycles. The van der Waals surface area contributed by atoms with Crippen LogP contribution in [0.25, 0.3) is 0 Å². The van der Waals surface area contributed by atoms with Crippen LogP contribution >= 0.6 is 23.8 Å². The normalized spacial score (nSPS) is 25.9. The molecule has 3 saturated heterocycles. The predicted molar refractivity (Wildman–Crippen MR) is 121 cm³/mol. The van der Waals surface area contributed by atoms with E-state index in [1.54, 1.807) is 5.06 Å². The number of fused-ring (bicyclic) bond motifs is 1. The van der Waals surface area contributed by atoms with E-state index in [9.17, 15) is 19.6 Å². The van der Waals surface area contributed by atoms with Gasteiger partial charge >= 0.3 is 41.6 Å². The Morgan fingerprint density at radius 1 is 1.18 bits per heavy atom. The van der Waals surface area contributed by atoms with Gasteiger partial charge in [0.05, 0.1) is 17.3 Å². The van der Waals surface area contributed by atoms with Gasteiger partial charge in [0.1, 0.15) is 0 Å². The molecule has 3 rings (SSSR count). The second kappa shape index (κ2) is 16.5. The number of thioether (sulfide) groups is 1. The summed E-state index contributed by atoms with van der Waals surface area (Å²) in [6, 6.07) is 0.403. The van der Waals surface area contributed by atoms with Crippen molar-refractivity contribution >= 4 is 41.7 Å². The predicted octanol–water partition coefficient (Wildman–Crippen LogP) is -2.20. The number of nitrogens with one attached hydrogen (secondary N) is 3. The first-order chi connectivity index (χ1) is 16.0. The molecule has 0 bridgehead atoms. The Morgan fingerprint density at radius 2 is 2.00 bits per heavy atom. The smallest absolute Gasteiger partial charge is 0.691 e. The van der Waals surface area contributed by atoms with Crippen LogP contribution in [0.5, 0.6) is 0 Å². The van der Waals surface area contributed by atoms with Crippen molar-refractivity contribution in [1.82, 2.24) is 21.0 Å². The zero-order valence-electron chi connectivity index (χ0n) is 19.6. The molecule has 0 aromatic heterocycles. The van der Waals surface area contributed by atoms with E-state index in [0.717, 1.165) is 56.3 Å². The Labute approximate surface area is 230 Å². The van der Waals surface area contributed by atoms with Gasteiger partial charge in [-0.3, -0.25) is 14.6 Å². The summed E-state index contributed by atoms with van der Waals surface area (Å²) in [6.45, 7) is 1.72. The van der Waals surface area contributed by atoms with Crippen LogP contribution in [0.1, 0.15) is 57.8 Å². The Hall–Kier alpha value is -0.250. The number of carbonyl (C=O) groups is 3. The molecule has 0 saturated carbocycles. The maximum absolute atomic E-state index is 12.0. The van der Waals surface area contributed by atoms with Crippen LogP contribution in [0.4, 0.5) is 4.79 Å². The topological polar surface area (TPSA) is 141 Å². The molecule has 3 fully saturated rings. The zero-order chi connectivity index (χ0) is 23.5. The maximum atomic E-state index is 12.0. The van der Waals surface area contributed by atoms with E-state index in [4.69, 9.17) is 4.84 Å². The number of hydroxylamine groups is 2. The molecule has 11 nitrogen and oxygen atoms in total. The molecular weight excluding hydrogens is 495 g/mol. The summed E-state index contributed by atoms with van der Waals surface area (Å²) in [5.74, 6) is 0.749. The van der Waals surface area contributed by atoms with Gasteiger partial charge in [-0.1, -0.05) is 12.8 Å². The third-order valence-electron chi connectivity index (χ3n) is 6.00. The van der Waals surface area contributed by atoms with E-state index in [2.05, 4.69) is 25.3 Å². The summed E-state index contributed by atoms with van der Waals surface area (Å²) >= 11 is 2.84. The van der Waals surface area contributed by atoms with Gasteiger partial charge in [0, 0.05) is 55.5 Å². The number of nitrogens with zero attached hydrogens (tertiary/aromatic N) is 1. The van der Waals surface area contributed by atoms with E-state index in [1.807, 2.05) is 11.8 Å². The molecule has 3 amide bonds. The first-order valence-corrected chi connectivity index (χ1v) is 13.4. The quantitative estimate of drug-likeness (QED) is 0.0535. The second-order valence-corrected chi connectivity index (χ2v) is 10.8. The van der Waals surface area contributed by atoms with Crippen LogP contribution in [0.15, 0.2) is 0 Å². The summed E-state index contributed by atoms with van der Waals surface area (Å²) < 4.78 is 4.30. The molecule has 4 atom stereocenters. The molecule has 4 unspecified atom stereocenters. The molecule has 0 radical (unpaired) electrons. The minimum Gasteiger partial charge on any atom is -0.691 e. The van der Waals surface area contributed by atoms with E-state index in [1.165, 1.54) is 0 Å². The van der Waals surface area contributed by atoms with Gasteiger partial charge in [0.15, 0.2) is 0 Å². The summed E-state index contributed by atoms with van der Waals surface area (Å²) in [6.07, 6.45) is 6.80. The van der Waals surface area contributed by atoms with Crippen molar-refractivity contribution in [3.05, 3.63) is 0 Å². The number of hydrogen-bond acceptors (Lipinski definition) is 10. The standard InChI is InChI=1S/C20H34N4O7S2.Na/c25-17(7-4-3-6-16-19-15(13-32-16)22-20(27)23-19)21-10-5-1-2-8-18(26)29-24-11-9-14(12-24)33-31-30-28;/h14-16,19,28H,1-13H2,(H,21,25)(H2,22,23,27);/q;+1/p-1. The van der Waals surface area contributed by atoms with Crippen LogP contribution < -0.4 is 50.8 Å². The summed E-state index contributed by atoms with van der Waals surface area (Å²) in [5.41, 5.74) is 0. The SMILES string of the molecule is O=C(CCCCC1SCC2NC(=O)NC21)NCCCCCC(=O)ON1CCC(SOO[O-])C1.[Na+]. The molecular formula is C20H33N4NaO7S2. The summed E-state index contributed by atoms with van der Waals surface area (Å²) in [4.78, 5) is 40.6. The minimum atomic E-state index is -0.273.